The number of carbonyl (C=O) groups is 2. The van der Waals surface area contributed by atoms with Gasteiger partial charge in [-0.05, 0) is 59.5 Å². The van der Waals surface area contributed by atoms with Crippen molar-refractivity contribution in [2.45, 2.75) is 25.9 Å². The first-order valence-electron chi connectivity index (χ1n) is 11.3. The number of benzene rings is 2. The normalized spacial score (nSPS) is 13.0. The minimum atomic E-state index is -1.07. The Morgan fingerprint density at radius 3 is 2.74 bits per heavy atom. The van der Waals surface area contributed by atoms with Crippen LogP contribution in [-0.2, 0) is 30.7 Å². The molecule has 1 aliphatic heterocycles. The second-order valence-electron chi connectivity index (χ2n) is 8.60. The first-order chi connectivity index (χ1) is 16.9. The van der Waals surface area contributed by atoms with E-state index in [9.17, 15) is 14.7 Å². The molecule has 7 nitrogen and oxygen atoms in total. The van der Waals surface area contributed by atoms with Gasteiger partial charge >= 0.3 is 5.97 Å². The molecule has 0 fully saturated rings. The molecule has 0 radical (unpaired) electrons. The fourth-order valence-electron chi connectivity index (χ4n) is 4.77. The van der Waals surface area contributed by atoms with Gasteiger partial charge in [-0.15, -0.1) is 0 Å². The summed E-state index contributed by atoms with van der Waals surface area (Å²) in [5.41, 5.74) is 5.06. The van der Waals surface area contributed by atoms with Gasteiger partial charge in [-0.25, -0.2) is 9.78 Å². The molecule has 178 valence electrons. The third-order valence-corrected chi connectivity index (χ3v) is 6.68. The molecule has 0 spiro atoms. The van der Waals surface area contributed by atoms with Gasteiger partial charge in [-0.2, -0.15) is 0 Å². The van der Waals surface area contributed by atoms with Gasteiger partial charge in [-0.1, -0.05) is 29.8 Å². The van der Waals surface area contributed by atoms with E-state index in [2.05, 4.69) is 15.6 Å². The molecular weight excluding hydrogens is 466 g/mol. The fourth-order valence-corrected chi connectivity index (χ4v) is 4.98. The molecule has 2 aromatic heterocycles. The van der Waals surface area contributed by atoms with Crippen molar-refractivity contribution in [3.63, 3.8) is 0 Å². The molecule has 2 aromatic carbocycles. The van der Waals surface area contributed by atoms with Crippen LogP contribution in [0, 0.1) is 0 Å². The van der Waals surface area contributed by atoms with Gasteiger partial charge in [0.15, 0.2) is 0 Å². The molecule has 35 heavy (non-hydrogen) atoms. The number of aromatic carboxylic acids is 1. The minimum Gasteiger partial charge on any atom is -0.496 e. The Morgan fingerprint density at radius 1 is 1.11 bits per heavy atom. The number of carbonyl (C=O) groups excluding carboxylic acids is 1. The molecule has 3 heterocycles. The SMILES string of the molecule is COc1cc(CC(=O)N2CCc3c(n(Cc4cccc(Cl)c4)c4ncccc34)C2)ccc1C(=O)O. The van der Waals surface area contributed by atoms with Gasteiger partial charge in [-0.3, -0.25) is 4.79 Å². The summed E-state index contributed by atoms with van der Waals surface area (Å²) in [5.74, 6) is -0.839. The van der Waals surface area contributed by atoms with Crippen LogP contribution in [-0.4, -0.2) is 45.1 Å². The maximum Gasteiger partial charge on any atom is 0.339 e. The summed E-state index contributed by atoms with van der Waals surface area (Å²) < 4.78 is 7.39. The third kappa shape index (κ3) is 4.47. The number of fused-ring (bicyclic) bond motifs is 3. The molecule has 0 saturated heterocycles. The number of hydrogen-bond donors (Lipinski definition) is 1. The van der Waals surface area contributed by atoms with Crippen molar-refractivity contribution in [2.75, 3.05) is 13.7 Å². The zero-order valence-electron chi connectivity index (χ0n) is 19.2. The fraction of sp³-hybridized carbons (Fsp3) is 0.222. The Morgan fingerprint density at radius 2 is 1.97 bits per heavy atom. The Balaban J connectivity index is 1.43. The number of nitrogens with zero attached hydrogens (tertiary/aromatic N) is 3. The lowest BCUT2D eigenvalue weighted by Crippen LogP contribution is -2.37. The summed E-state index contributed by atoms with van der Waals surface area (Å²) in [4.78, 5) is 31.1. The van der Waals surface area contributed by atoms with E-state index in [1.807, 2.05) is 35.2 Å². The summed E-state index contributed by atoms with van der Waals surface area (Å²) >= 11 is 6.22. The third-order valence-electron chi connectivity index (χ3n) is 6.45. The maximum absolute atomic E-state index is 13.3. The Labute approximate surface area is 207 Å². The lowest BCUT2D eigenvalue weighted by molar-refractivity contribution is -0.131. The smallest absolute Gasteiger partial charge is 0.339 e. The standard InChI is InChI=1S/C27H24ClN3O4/c1-35-24-13-17(7-8-22(24)27(33)34)14-25(32)30-11-9-20-21-6-3-10-29-26(21)31(23(20)16-30)15-18-4-2-5-19(28)12-18/h2-8,10,12-13H,9,11,14-16H2,1H3,(H,33,34). The number of amides is 1. The van der Waals surface area contributed by atoms with E-state index in [0.29, 0.717) is 30.2 Å². The number of methoxy groups -OCH3 is 1. The number of pyridine rings is 1. The lowest BCUT2D eigenvalue weighted by Gasteiger charge is -2.29. The van der Waals surface area contributed by atoms with Crippen molar-refractivity contribution in [3.8, 4) is 5.75 Å². The molecular formula is C27H24ClN3O4. The quantitative estimate of drug-likeness (QED) is 0.429. The zero-order chi connectivity index (χ0) is 24.5. The van der Waals surface area contributed by atoms with Gasteiger partial charge in [0.1, 0.15) is 17.0 Å². The predicted molar refractivity (Wildman–Crippen MR) is 133 cm³/mol. The van der Waals surface area contributed by atoms with Crippen LogP contribution in [0.15, 0.2) is 60.8 Å². The van der Waals surface area contributed by atoms with E-state index in [1.165, 1.54) is 18.7 Å². The predicted octanol–water partition coefficient (Wildman–Crippen LogP) is 4.57. The molecule has 0 bridgehead atoms. The highest BCUT2D eigenvalue weighted by Gasteiger charge is 2.27. The molecule has 0 saturated carbocycles. The average molecular weight is 490 g/mol. The highest BCUT2D eigenvalue weighted by atomic mass is 35.5. The van der Waals surface area contributed by atoms with Crippen LogP contribution in [0.25, 0.3) is 11.0 Å². The van der Waals surface area contributed by atoms with Crippen molar-refractivity contribution < 1.29 is 19.4 Å². The molecule has 1 amide bonds. The monoisotopic (exact) mass is 489 g/mol. The number of carboxylic acid groups (broad SMARTS) is 1. The second-order valence-corrected chi connectivity index (χ2v) is 9.03. The van der Waals surface area contributed by atoms with Crippen LogP contribution >= 0.6 is 11.6 Å². The average Bonchev–Trinajstić information content (AvgIpc) is 3.16. The Bertz CT molecular complexity index is 1450. The Kier molecular flexibility index (Phi) is 6.17. The van der Waals surface area contributed by atoms with Gasteiger partial charge in [0.05, 0.1) is 20.1 Å². The number of rotatable bonds is 6. The van der Waals surface area contributed by atoms with Gasteiger partial charge < -0.3 is 19.3 Å². The molecule has 0 unspecified atom stereocenters. The van der Waals surface area contributed by atoms with Crippen molar-refractivity contribution in [1.29, 1.82) is 0 Å². The second kappa shape index (κ2) is 9.43. The van der Waals surface area contributed by atoms with Crippen molar-refractivity contribution >= 4 is 34.5 Å². The van der Waals surface area contributed by atoms with Crippen molar-refractivity contribution in [3.05, 3.63) is 93.8 Å². The molecule has 0 aliphatic carbocycles. The zero-order valence-corrected chi connectivity index (χ0v) is 20.0. The first-order valence-corrected chi connectivity index (χ1v) is 11.7. The van der Waals surface area contributed by atoms with Crippen LogP contribution in [0.2, 0.25) is 5.02 Å². The number of ether oxygens (including phenoxy) is 1. The molecule has 1 aliphatic rings. The highest BCUT2D eigenvalue weighted by molar-refractivity contribution is 6.30. The lowest BCUT2D eigenvalue weighted by atomic mass is 10.0. The van der Waals surface area contributed by atoms with E-state index in [1.54, 1.807) is 18.3 Å². The number of aromatic nitrogens is 2. The number of hydrogen-bond acceptors (Lipinski definition) is 4. The van der Waals surface area contributed by atoms with Gasteiger partial charge in [0.25, 0.3) is 0 Å². The largest absolute Gasteiger partial charge is 0.496 e. The summed E-state index contributed by atoms with van der Waals surface area (Å²) in [7, 11) is 1.42. The van der Waals surface area contributed by atoms with E-state index >= 15 is 0 Å². The van der Waals surface area contributed by atoms with E-state index < -0.39 is 5.97 Å². The van der Waals surface area contributed by atoms with Crippen LogP contribution in [0.4, 0.5) is 0 Å². The van der Waals surface area contributed by atoms with Crippen LogP contribution in [0.5, 0.6) is 5.75 Å². The van der Waals surface area contributed by atoms with E-state index in [4.69, 9.17) is 16.3 Å². The topological polar surface area (TPSA) is 84.7 Å². The van der Waals surface area contributed by atoms with Gasteiger partial charge in [0.2, 0.25) is 5.91 Å². The van der Waals surface area contributed by atoms with Crippen LogP contribution < -0.4 is 4.74 Å². The van der Waals surface area contributed by atoms with E-state index in [0.717, 1.165) is 28.7 Å². The van der Waals surface area contributed by atoms with Crippen LogP contribution in [0.3, 0.4) is 0 Å². The van der Waals surface area contributed by atoms with E-state index in [-0.39, 0.29) is 23.6 Å². The minimum absolute atomic E-state index is 0.0201. The summed E-state index contributed by atoms with van der Waals surface area (Å²) in [6.45, 7) is 1.70. The summed E-state index contributed by atoms with van der Waals surface area (Å²) in [5, 5.41) is 11.1. The summed E-state index contributed by atoms with van der Waals surface area (Å²) in [6.07, 6.45) is 2.70. The molecule has 5 rings (SSSR count). The first kappa shape index (κ1) is 22.9. The molecule has 8 heteroatoms. The highest BCUT2D eigenvalue weighted by Crippen LogP contribution is 2.31. The molecule has 4 aromatic rings. The van der Waals surface area contributed by atoms with Crippen molar-refractivity contribution in [2.24, 2.45) is 0 Å². The number of carboxylic acids is 1. The summed E-state index contributed by atoms with van der Waals surface area (Å²) in [6, 6.07) is 16.6. The molecule has 1 N–H and O–H groups in total. The van der Waals surface area contributed by atoms with Gasteiger partial charge in [0, 0.05) is 35.4 Å². The van der Waals surface area contributed by atoms with Crippen LogP contribution in [0.1, 0.15) is 32.7 Å². The Hall–Kier alpha value is -3.84. The number of halogens is 1. The maximum atomic E-state index is 13.3. The van der Waals surface area contributed by atoms with Crippen molar-refractivity contribution in [1.82, 2.24) is 14.5 Å². The molecule has 0 atom stereocenters.